The van der Waals surface area contributed by atoms with Crippen molar-refractivity contribution in [2.75, 3.05) is 19.7 Å². The summed E-state index contributed by atoms with van der Waals surface area (Å²) in [7, 11) is 0. The summed E-state index contributed by atoms with van der Waals surface area (Å²) in [6.07, 6.45) is 0.716. The third kappa shape index (κ3) is 2.22. The first kappa shape index (κ1) is 11.0. The van der Waals surface area contributed by atoms with Gasteiger partial charge in [0.2, 0.25) is 0 Å². The maximum atomic E-state index is 9.62. The minimum Gasteiger partial charge on any atom is -0.396 e. The monoisotopic (exact) mass is 187 g/mol. The van der Waals surface area contributed by atoms with Crippen molar-refractivity contribution in [1.29, 1.82) is 0 Å². The maximum absolute atomic E-state index is 9.62. The Morgan fingerprint density at radius 3 is 2.38 bits per heavy atom. The van der Waals surface area contributed by atoms with Crippen LogP contribution in [0.15, 0.2) is 0 Å². The van der Waals surface area contributed by atoms with Gasteiger partial charge in [-0.1, -0.05) is 6.92 Å². The zero-order chi connectivity index (χ0) is 10.1. The van der Waals surface area contributed by atoms with Gasteiger partial charge in [-0.15, -0.1) is 0 Å². The van der Waals surface area contributed by atoms with Crippen LogP contribution in [0.1, 0.15) is 27.2 Å². The van der Waals surface area contributed by atoms with Crippen molar-refractivity contribution in [1.82, 2.24) is 4.90 Å². The first-order valence-electron chi connectivity index (χ1n) is 5.05. The molecule has 3 heteroatoms. The minimum atomic E-state index is -0.351. The van der Waals surface area contributed by atoms with Gasteiger partial charge >= 0.3 is 0 Å². The zero-order valence-corrected chi connectivity index (χ0v) is 8.82. The molecule has 13 heavy (non-hydrogen) atoms. The fourth-order valence-corrected chi connectivity index (χ4v) is 1.75. The van der Waals surface area contributed by atoms with Crippen LogP contribution in [0.4, 0.5) is 0 Å². The molecule has 1 saturated heterocycles. The van der Waals surface area contributed by atoms with Gasteiger partial charge in [0.25, 0.3) is 0 Å². The summed E-state index contributed by atoms with van der Waals surface area (Å²) in [5.41, 5.74) is 0.144. The van der Waals surface area contributed by atoms with Gasteiger partial charge in [0.05, 0.1) is 6.10 Å². The predicted molar refractivity (Wildman–Crippen MR) is 52.5 cm³/mol. The predicted octanol–water partition coefficient (Wildman–Crippen LogP) is 0.460. The third-order valence-electron chi connectivity index (χ3n) is 3.36. The third-order valence-corrected chi connectivity index (χ3v) is 3.36. The molecule has 0 bridgehead atoms. The molecule has 0 spiro atoms. The van der Waals surface area contributed by atoms with Crippen LogP contribution >= 0.6 is 0 Å². The SMILES string of the molecule is CCC(C)(C)N1CC(O)C(CO)C1. The summed E-state index contributed by atoms with van der Waals surface area (Å²) < 4.78 is 0. The molecule has 2 N–H and O–H groups in total. The van der Waals surface area contributed by atoms with E-state index in [1.807, 2.05) is 0 Å². The number of hydrogen-bond donors (Lipinski definition) is 2. The first-order chi connectivity index (χ1) is 6.01. The maximum Gasteiger partial charge on any atom is 0.0729 e. The van der Waals surface area contributed by atoms with Crippen LogP contribution in [-0.4, -0.2) is 46.5 Å². The molecule has 0 aromatic carbocycles. The number of nitrogens with zero attached hydrogens (tertiary/aromatic N) is 1. The number of β-amino-alcohol motifs (C(OH)–C–C–N with tert-alkyl or cyclic N) is 1. The van der Waals surface area contributed by atoms with E-state index in [2.05, 4.69) is 25.7 Å². The van der Waals surface area contributed by atoms with E-state index in [-0.39, 0.29) is 24.2 Å². The van der Waals surface area contributed by atoms with Crippen molar-refractivity contribution in [3.63, 3.8) is 0 Å². The Bertz CT molecular complexity index is 170. The fourth-order valence-electron chi connectivity index (χ4n) is 1.75. The Morgan fingerprint density at radius 2 is 2.00 bits per heavy atom. The van der Waals surface area contributed by atoms with E-state index in [1.165, 1.54) is 0 Å². The summed E-state index contributed by atoms with van der Waals surface area (Å²) in [4.78, 5) is 2.26. The zero-order valence-electron chi connectivity index (χ0n) is 8.82. The molecule has 0 aromatic heterocycles. The number of aliphatic hydroxyl groups excluding tert-OH is 2. The van der Waals surface area contributed by atoms with Gasteiger partial charge in [0.15, 0.2) is 0 Å². The van der Waals surface area contributed by atoms with Crippen LogP contribution < -0.4 is 0 Å². The summed E-state index contributed by atoms with van der Waals surface area (Å²) in [6.45, 7) is 8.12. The Balaban J connectivity index is 2.57. The second kappa shape index (κ2) is 3.95. The molecule has 0 aliphatic carbocycles. The van der Waals surface area contributed by atoms with Gasteiger partial charge in [-0.2, -0.15) is 0 Å². The minimum absolute atomic E-state index is 0.0471. The molecule has 1 aliphatic heterocycles. The average molecular weight is 187 g/mol. The molecule has 2 unspecified atom stereocenters. The van der Waals surface area contributed by atoms with Crippen LogP contribution in [0.3, 0.4) is 0 Å². The summed E-state index contributed by atoms with van der Waals surface area (Å²) in [5, 5.41) is 18.6. The van der Waals surface area contributed by atoms with Gasteiger partial charge in [-0.25, -0.2) is 0 Å². The fraction of sp³-hybridized carbons (Fsp3) is 1.00. The highest BCUT2D eigenvalue weighted by atomic mass is 16.3. The second-order valence-corrected chi connectivity index (χ2v) is 4.58. The largest absolute Gasteiger partial charge is 0.396 e. The van der Waals surface area contributed by atoms with Gasteiger partial charge in [0, 0.05) is 31.2 Å². The molecule has 1 fully saturated rings. The van der Waals surface area contributed by atoms with Crippen molar-refractivity contribution < 1.29 is 10.2 Å². The summed E-state index contributed by atoms with van der Waals surface area (Å²) in [5.74, 6) is 0.0471. The van der Waals surface area contributed by atoms with Crippen molar-refractivity contribution in [3.05, 3.63) is 0 Å². The number of aliphatic hydroxyl groups is 2. The van der Waals surface area contributed by atoms with Gasteiger partial charge < -0.3 is 10.2 Å². The van der Waals surface area contributed by atoms with Crippen LogP contribution in [0.5, 0.6) is 0 Å². The Hall–Kier alpha value is -0.120. The molecule has 3 nitrogen and oxygen atoms in total. The van der Waals surface area contributed by atoms with Crippen LogP contribution in [0, 0.1) is 5.92 Å². The standard InChI is InChI=1S/C10H21NO2/c1-4-10(2,3)11-5-8(7-12)9(13)6-11/h8-9,12-13H,4-7H2,1-3H3. The first-order valence-corrected chi connectivity index (χ1v) is 5.05. The van der Waals surface area contributed by atoms with Crippen molar-refractivity contribution in [2.24, 2.45) is 5.92 Å². The highest BCUT2D eigenvalue weighted by Crippen LogP contribution is 2.26. The van der Waals surface area contributed by atoms with Crippen molar-refractivity contribution in [3.8, 4) is 0 Å². The van der Waals surface area contributed by atoms with E-state index in [1.54, 1.807) is 0 Å². The lowest BCUT2D eigenvalue weighted by atomic mass is 10.00. The Morgan fingerprint density at radius 1 is 1.38 bits per heavy atom. The molecular weight excluding hydrogens is 166 g/mol. The number of likely N-dealkylation sites (tertiary alicyclic amines) is 1. The van der Waals surface area contributed by atoms with E-state index in [9.17, 15) is 5.11 Å². The van der Waals surface area contributed by atoms with Gasteiger partial charge in [-0.05, 0) is 20.3 Å². The molecule has 1 rings (SSSR count). The molecule has 78 valence electrons. The van der Waals surface area contributed by atoms with Crippen LogP contribution in [0.25, 0.3) is 0 Å². The topological polar surface area (TPSA) is 43.7 Å². The number of rotatable bonds is 3. The second-order valence-electron chi connectivity index (χ2n) is 4.58. The Kier molecular flexibility index (Phi) is 3.33. The smallest absolute Gasteiger partial charge is 0.0729 e. The quantitative estimate of drug-likeness (QED) is 0.674. The molecule has 1 aliphatic rings. The van der Waals surface area contributed by atoms with E-state index < -0.39 is 0 Å². The Labute approximate surface area is 80.4 Å². The van der Waals surface area contributed by atoms with Crippen LogP contribution in [0.2, 0.25) is 0 Å². The molecule has 0 aromatic rings. The van der Waals surface area contributed by atoms with E-state index >= 15 is 0 Å². The number of hydrogen-bond acceptors (Lipinski definition) is 3. The van der Waals surface area contributed by atoms with E-state index in [0.717, 1.165) is 13.0 Å². The van der Waals surface area contributed by atoms with Crippen molar-refractivity contribution >= 4 is 0 Å². The van der Waals surface area contributed by atoms with E-state index in [0.29, 0.717) is 6.54 Å². The summed E-state index contributed by atoms with van der Waals surface area (Å²) in [6, 6.07) is 0. The lowest BCUT2D eigenvalue weighted by Gasteiger charge is -2.34. The summed E-state index contributed by atoms with van der Waals surface area (Å²) >= 11 is 0. The molecule has 1 heterocycles. The average Bonchev–Trinajstić information content (AvgIpc) is 2.47. The normalized spacial score (nSPS) is 31.2. The van der Waals surface area contributed by atoms with Crippen molar-refractivity contribution in [2.45, 2.75) is 38.8 Å². The molecule has 0 radical (unpaired) electrons. The molecule has 0 saturated carbocycles. The lowest BCUT2D eigenvalue weighted by Crippen LogP contribution is -2.42. The lowest BCUT2D eigenvalue weighted by molar-refractivity contribution is 0.0980. The highest BCUT2D eigenvalue weighted by molar-refractivity contribution is 4.91. The molecular formula is C10H21NO2. The molecule has 2 atom stereocenters. The van der Waals surface area contributed by atoms with E-state index in [4.69, 9.17) is 5.11 Å². The molecule has 0 amide bonds. The van der Waals surface area contributed by atoms with Gasteiger partial charge in [-0.3, -0.25) is 4.90 Å². The van der Waals surface area contributed by atoms with Gasteiger partial charge in [0.1, 0.15) is 0 Å². The highest BCUT2D eigenvalue weighted by Gasteiger charge is 2.37. The van der Waals surface area contributed by atoms with Crippen LogP contribution in [-0.2, 0) is 0 Å².